The van der Waals surface area contributed by atoms with Gasteiger partial charge in [-0.3, -0.25) is 9.78 Å². The van der Waals surface area contributed by atoms with E-state index in [2.05, 4.69) is 15.3 Å². The Kier molecular flexibility index (Phi) is 5.93. The second-order valence-electron chi connectivity index (χ2n) is 6.58. The normalized spacial score (nSPS) is 17.6. The van der Waals surface area contributed by atoms with E-state index in [0.717, 1.165) is 30.8 Å². The van der Waals surface area contributed by atoms with Gasteiger partial charge in [0.05, 0.1) is 5.56 Å². The molecule has 2 aromatic heterocycles. The molecule has 3 heterocycles. The number of carbonyl (C=O) groups is 1. The van der Waals surface area contributed by atoms with E-state index in [0.29, 0.717) is 31.7 Å². The molecular formula is C19H21F3N4O. The van der Waals surface area contributed by atoms with E-state index >= 15 is 0 Å². The number of aryl methyl sites for hydroxylation is 1. The summed E-state index contributed by atoms with van der Waals surface area (Å²) in [5, 5.41) is 3.01. The highest BCUT2D eigenvalue weighted by atomic mass is 19.4. The molecule has 144 valence electrons. The zero-order valence-electron chi connectivity index (χ0n) is 14.7. The summed E-state index contributed by atoms with van der Waals surface area (Å²) in [6.45, 7) is 1.24. The number of piperidine rings is 1. The Hall–Kier alpha value is -2.64. The standard InChI is InChI=1S/C19H21F3N4O/c20-19(21,22)14-6-8-17(24-12-14)26-11-3-5-16(13-26)25-18(27)9-7-15-4-1-2-10-23-15/h1-2,4,6,8,10,12,16H,3,5,7,9,11,13H2,(H,25,27)/t16-/m1/s1. The van der Waals surface area contributed by atoms with Crippen LogP contribution in [-0.2, 0) is 17.4 Å². The van der Waals surface area contributed by atoms with Gasteiger partial charge in [-0.15, -0.1) is 0 Å². The second kappa shape index (κ2) is 8.37. The average molecular weight is 378 g/mol. The van der Waals surface area contributed by atoms with Crippen LogP contribution in [0.15, 0.2) is 42.7 Å². The molecule has 0 spiro atoms. The number of halogens is 3. The van der Waals surface area contributed by atoms with Crippen LogP contribution >= 0.6 is 0 Å². The summed E-state index contributed by atoms with van der Waals surface area (Å²) in [6.07, 6.45) is 0.765. The third kappa shape index (κ3) is 5.42. The summed E-state index contributed by atoms with van der Waals surface area (Å²) in [5.41, 5.74) is 0.106. The predicted molar refractivity (Wildman–Crippen MR) is 95.2 cm³/mol. The van der Waals surface area contributed by atoms with Crippen LogP contribution in [0.25, 0.3) is 0 Å². The minimum absolute atomic E-state index is 0.0425. The zero-order valence-corrected chi connectivity index (χ0v) is 14.7. The summed E-state index contributed by atoms with van der Waals surface area (Å²) < 4.78 is 38.0. The first kappa shape index (κ1) is 19.1. The fourth-order valence-corrected chi connectivity index (χ4v) is 3.13. The Morgan fingerprint density at radius 2 is 2.07 bits per heavy atom. The fraction of sp³-hybridized carbons (Fsp3) is 0.421. The van der Waals surface area contributed by atoms with Crippen LogP contribution in [0.4, 0.5) is 19.0 Å². The van der Waals surface area contributed by atoms with E-state index < -0.39 is 11.7 Å². The lowest BCUT2D eigenvalue weighted by Crippen LogP contribution is -2.48. The van der Waals surface area contributed by atoms with Crippen LogP contribution in [0.3, 0.4) is 0 Å². The smallest absolute Gasteiger partial charge is 0.355 e. The highest BCUT2D eigenvalue weighted by Crippen LogP contribution is 2.29. The van der Waals surface area contributed by atoms with Crippen molar-refractivity contribution in [1.29, 1.82) is 0 Å². The quantitative estimate of drug-likeness (QED) is 0.868. The van der Waals surface area contributed by atoms with Gasteiger partial charge in [0.15, 0.2) is 0 Å². The zero-order chi connectivity index (χ0) is 19.3. The second-order valence-corrected chi connectivity index (χ2v) is 6.58. The highest BCUT2D eigenvalue weighted by molar-refractivity contribution is 5.76. The van der Waals surface area contributed by atoms with Gasteiger partial charge >= 0.3 is 6.18 Å². The van der Waals surface area contributed by atoms with E-state index in [-0.39, 0.29) is 11.9 Å². The Morgan fingerprint density at radius 3 is 2.74 bits per heavy atom. The van der Waals surface area contributed by atoms with Crippen LogP contribution < -0.4 is 10.2 Å². The number of amides is 1. The van der Waals surface area contributed by atoms with Gasteiger partial charge in [0, 0.05) is 43.6 Å². The number of nitrogens with one attached hydrogen (secondary N) is 1. The maximum atomic E-state index is 12.7. The van der Waals surface area contributed by atoms with E-state index in [1.807, 2.05) is 23.1 Å². The van der Waals surface area contributed by atoms with Gasteiger partial charge in [-0.2, -0.15) is 13.2 Å². The molecule has 8 heteroatoms. The topological polar surface area (TPSA) is 58.1 Å². The molecule has 3 rings (SSSR count). The van der Waals surface area contributed by atoms with Crippen molar-refractivity contribution in [2.45, 2.75) is 37.9 Å². The van der Waals surface area contributed by atoms with E-state index in [1.54, 1.807) is 6.20 Å². The van der Waals surface area contributed by atoms with E-state index in [4.69, 9.17) is 0 Å². The van der Waals surface area contributed by atoms with Gasteiger partial charge in [-0.25, -0.2) is 4.98 Å². The molecule has 0 aliphatic carbocycles. The number of aromatic nitrogens is 2. The number of anilines is 1. The Morgan fingerprint density at radius 1 is 1.22 bits per heavy atom. The van der Waals surface area contributed by atoms with Crippen LogP contribution in [-0.4, -0.2) is 35.0 Å². The SMILES string of the molecule is O=C(CCc1ccccn1)N[C@@H]1CCCN(c2ccc(C(F)(F)F)cn2)C1. The molecule has 1 fully saturated rings. The van der Waals surface area contributed by atoms with Crippen LogP contribution in [0.2, 0.25) is 0 Å². The lowest BCUT2D eigenvalue weighted by molar-refractivity contribution is -0.137. The Labute approximate surface area is 155 Å². The molecule has 0 bridgehead atoms. The molecule has 1 amide bonds. The van der Waals surface area contributed by atoms with Crippen molar-refractivity contribution in [3.05, 3.63) is 54.0 Å². The first-order valence-electron chi connectivity index (χ1n) is 8.89. The minimum Gasteiger partial charge on any atom is -0.355 e. The predicted octanol–water partition coefficient (Wildman–Crippen LogP) is 3.21. The molecular weight excluding hydrogens is 357 g/mol. The lowest BCUT2D eigenvalue weighted by Gasteiger charge is -2.34. The van der Waals surface area contributed by atoms with Crippen LogP contribution in [0.1, 0.15) is 30.5 Å². The lowest BCUT2D eigenvalue weighted by atomic mass is 10.0. The molecule has 1 N–H and O–H groups in total. The van der Waals surface area contributed by atoms with Crippen molar-refractivity contribution in [2.75, 3.05) is 18.0 Å². The summed E-state index contributed by atoms with van der Waals surface area (Å²) in [6, 6.07) is 7.97. The van der Waals surface area contributed by atoms with Crippen molar-refractivity contribution in [1.82, 2.24) is 15.3 Å². The molecule has 0 saturated carbocycles. The number of pyridine rings is 2. The first-order chi connectivity index (χ1) is 12.9. The Balaban J connectivity index is 1.52. The average Bonchev–Trinajstić information content (AvgIpc) is 2.67. The van der Waals surface area contributed by atoms with Crippen molar-refractivity contribution in [3.63, 3.8) is 0 Å². The van der Waals surface area contributed by atoms with Crippen LogP contribution in [0.5, 0.6) is 0 Å². The number of hydrogen-bond acceptors (Lipinski definition) is 4. The molecule has 0 aromatic carbocycles. The third-order valence-electron chi connectivity index (χ3n) is 4.52. The molecule has 1 saturated heterocycles. The summed E-state index contributed by atoms with van der Waals surface area (Å²) >= 11 is 0. The maximum absolute atomic E-state index is 12.7. The highest BCUT2D eigenvalue weighted by Gasteiger charge is 2.31. The van der Waals surface area contributed by atoms with Crippen molar-refractivity contribution < 1.29 is 18.0 Å². The fourth-order valence-electron chi connectivity index (χ4n) is 3.13. The van der Waals surface area contributed by atoms with Gasteiger partial charge in [0.25, 0.3) is 0 Å². The Bertz CT molecular complexity index is 750. The summed E-state index contributed by atoms with van der Waals surface area (Å²) in [5.74, 6) is 0.448. The van der Waals surface area contributed by atoms with E-state index in [9.17, 15) is 18.0 Å². The van der Waals surface area contributed by atoms with Gasteiger partial charge in [0.2, 0.25) is 5.91 Å². The largest absolute Gasteiger partial charge is 0.417 e. The number of carbonyl (C=O) groups excluding carboxylic acids is 1. The van der Waals surface area contributed by atoms with E-state index in [1.165, 1.54) is 6.07 Å². The molecule has 5 nitrogen and oxygen atoms in total. The number of rotatable bonds is 5. The summed E-state index contributed by atoms with van der Waals surface area (Å²) in [7, 11) is 0. The van der Waals surface area contributed by atoms with Crippen molar-refractivity contribution >= 4 is 11.7 Å². The molecule has 1 aliphatic rings. The van der Waals surface area contributed by atoms with Crippen LogP contribution in [0, 0.1) is 0 Å². The number of alkyl halides is 3. The molecule has 0 radical (unpaired) electrons. The maximum Gasteiger partial charge on any atom is 0.417 e. The van der Waals surface area contributed by atoms with Gasteiger partial charge in [-0.1, -0.05) is 6.07 Å². The summed E-state index contributed by atoms with van der Waals surface area (Å²) in [4.78, 5) is 22.2. The molecule has 1 atom stereocenters. The first-order valence-corrected chi connectivity index (χ1v) is 8.89. The number of hydrogen-bond donors (Lipinski definition) is 1. The van der Waals surface area contributed by atoms with Crippen molar-refractivity contribution in [3.8, 4) is 0 Å². The molecule has 27 heavy (non-hydrogen) atoms. The third-order valence-corrected chi connectivity index (χ3v) is 4.52. The molecule has 2 aromatic rings. The molecule has 0 unspecified atom stereocenters. The van der Waals surface area contributed by atoms with Gasteiger partial charge < -0.3 is 10.2 Å². The molecule has 1 aliphatic heterocycles. The van der Waals surface area contributed by atoms with Crippen molar-refractivity contribution in [2.24, 2.45) is 0 Å². The van der Waals surface area contributed by atoms with Gasteiger partial charge in [-0.05, 0) is 43.5 Å². The minimum atomic E-state index is -4.39. The number of nitrogens with zero attached hydrogens (tertiary/aromatic N) is 3. The monoisotopic (exact) mass is 378 g/mol. The van der Waals surface area contributed by atoms with Gasteiger partial charge in [0.1, 0.15) is 5.82 Å².